The summed E-state index contributed by atoms with van der Waals surface area (Å²) in [4.78, 5) is 0. The summed E-state index contributed by atoms with van der Waals surface area (Å²) in [5.41, 5.74) is 0. The third-order valence-electron chi connectivity index (χ3n) is 2.03. The number of hydrogen-bond donors (Lipinski definition) is 3. The first-order valence-electron chi connectivity index (χ1n) is 5.29. The van der Waals surface area contributed by atoms with Gasteiger partial charge < -0.3 is 20.3 Å². The van der Waals surface area contributed by atoms with Crippen LogP contribution in [0.2, 0.25) is 0 Å². The van der Waals surface area contributed by atoms with E-state index in [9.17, 15) is 5.11 Å². The molecule has 3 N–H and O–H groups in total. The lowest BCUT2D eigenvalue weighted by Crippen LogP contribution is -2.24. The van der Waals surface area contributed by atoms with Crippen LogP contribution in [0.4, 0.5) is 0 Å². The van der Waals surface area contributed by atoms with Gasteiger partial charge in [-0.05, 0) is 38.8 Å². The van der Waals surface area contributed by atoms with E-state index in [0.717, 1.165) is 38.8 Å². The minimum Gasteiger partial charge on any atom is -0.396 e. The molecular formula is C10H23NO3. The van der Waals surface area contributed by atoms with Gasteiger partial charge in [0.1, 0.15) is 0 Å². The van der Waals surface area contributed by atoms with Crippen LogP contribution >= 0.6 is 0 Å². The summed E-state index contributed by atoms with van der Waals surface area (Å²) in [5, 5.41) is 21.1. The van der Waals surface area contributed by atoms with Crippen molar-refractivity contribution in [1.82, 2.24) is 5.32 Å². The maximum Gasteiger partial charge on any atom is 0.0785 e. The average molecular weight is 205 g/mol. The fourth-order valence-corrected chi connectivity index (χ4v) is 1.21. The van der Waals surface area contributed by atoms with Crippen LogP contribution < -0.4 is 5.32 Å². The molecule has 1 atom stereocenters. The van der Waals surface area contributed by atoms with Gasteiger partial charge in [0.15, 0.2) is 0 Å². The molecule has 0 amide bonds. The maximum atomic E-state index is 9.29. The summed E-state index contributed by atoms with van der Waals surface area (Å²) in [6.45, 7) is 2.47. The van der Waals surface area contributed by atoms with E-state index in [1.54, 1.807) is 7.11 Å². The van der Waals surface area contributed by atoms with Crippen molar-refractivity contribution in [2.75, 3.05) is 33.4 Å². The Morgan fingerprint density at radius 2 is 2.00 bits per heavy atom. The highest BCUT2D eigenvalue weighted by molar-refractivity contribution is 4.56. The van der Waals surface area contributed by atoms with E-state index in [-0.39, 0.29) is 12.7 Å². The second-order valence-corrected chi connectivity index (χ2v) is 3.43. The Labute approximate surface area is 86.3 Å². The topological polar surface area (TPSA) is 61.7 Å². The van der Waals surface area contributed by atoms with Gasteiger partial charge in [0, 0.05) is 13.7 Å². The molecule has 0 spiro atoms. The molecule has 0 rings (SSSR count). The number of rotatable bonds is 10. The smallest absolute Gasteiger partial charge is 0.0785 e. The fraction of sp³-hybridized carbons (Fsp3) is 1.00. The maximum absolute atomic E-state index is 9.29. The Morgan fingerprint density at radius 1 is 1.21 bits per heavy atom. The molecule has 1 unspecified atom stereocenters. The quantitative estimate of drug-likeness (QED) is 0.444. The lowest BCUT2D eigenvalue weighted by atomic mass is 10.2. The van der Waals surface area contributed by atoms with Crippen LogP contribution in [-0.4, -0.2) is 49.7 Å². The van der Waals surface area contributed by atoms with Gasteiger partial charge in [0.25, 0.3) is 0 Å². The number of methoxy groups -OCH3 is 1. The molecule has 0 fully saturated rings. The Balaban J connectivity index is 2.98. The minimum atomic E-state index is -0.357. The number of unbranched alkanes of at least 4 members (excludes halogenated alkanes) is 2. The molecule has 0 aromatic carbocycles. The van der Waals surface area contributed by atoms with Crippen molar-refractivity contribution < 1.29 is 14.9 Å². The Hall–Kier alpha value is -0.160. The molecule has 4 nitrogen and oxygen atoms in total. The van der Waals surface area contributed by atoms with Gasteiger partial charge in [-0.3, -0.25) is 0 Å². The van der Waals surface area contributed by atoms with E-state index in [0.29, 0.717) is 6.61 Å². The third-order valence-corrected chi connectivity index (χ3v) is 2.03. The van der Waals surface area contributed by atoms with Crippen LogP contribution in [-0.2, 0) is 4.74 Å². The number of nitrogens with one attached hydrogen (secondary N) is 1. The second kappa shape index (κ2) is 10.9. The van der Waals surface area contributed by atoms with Crippen molar-refractivity contribution in [2.24, 2.45) is 0 Å². The van der Waals surface area contributed by atoms with E-state index in [2.05, 4.69) is 5.32 Å². The van der Waals surface area contributed by atoms with Gasteiger partial charge >= 0.3 is 0 Å². The van der Waals surface area contributed by atoms with E-state index in [4.69, 9.17) is 9.84 Å². The van der Waals surface area contributed by atoms with E-state index < -0.39 is 0 Å². The number of hydrogen-bond acceptors (Lipinski definition) is 4. The highest BCUT2D eigenvalue weighted by atomic mass is 16.5. The largest absolute Gasteiger partial charge is 0.396 e. The van der Waals surface area contributed by atoms with Crippen LogP contribution in [0.3, 0.4) is 0 Å². The van der Waals surface area contributed by atoms with E-state index >= 15 is 0 Å². The van der Waals surface area contributed by atoms with Crippen molar-refractivity contribution in [3.05, 3.63) is 0 Å². The predicted molar refractivity (Wildman–Crippen MR) is 56.3 cm³/mol. The molecule has 14 heavy (non-hydrogen) atoms. The number of ether oxygens (including phenoxy) is 1. The van der Waals surface area contributed by atoms with E-state index in [1.807, 2.05) is 0 Å². The summed E-state index contributed by atoms with van der Waals surface area (Å²) in [7, 11) is 1.59. The van der Waals surface area contributed by atoms with Crippen LogP contribution in [0, 0.1) is 0 Å². The molecule has 0 aliphatic carbocycles. The number of aliphatic hydroxyl groups excluding tert-OH is 2. The highest BCUT2D eigenvalue weighted by Crippen LogP contribution is 1.93. The Bertz CT molecular complexity index is 112. The molecular weight excluding hydrogens is 182 g/mol. The zero-order valence-electron chi connectivity index (χ0n) is 9.04. The number of aliphatic hydroxyl groups is 2. The van der Waals surface area contributed by atoms with Gasteiger partial charge in [0.2, 0.25) is 0 Å². The fourth-order valence-electron chi connectivity index (χ4n) is 1.21. The van der Waals surface area contributed by atoms with Gasteiger partial charge in [-0.2, -0.15) is 0 Å². The molecule has 0 saturated heterocycles. The van der Waals surface area contributed by atoms with Crippen molar-refractivity contribution in [3.8, 4) is 0 Å². The Kier molecular flexibility index (Phi) is 10.8. The second-order valence-electron chi connectivity index (χ2n) is 3.43. The van der Waals surface area contributed by atoms with Gasteiger partial charge in [-0.15, -0.1) is 0 Å². The molecule has 86 valence electrons. The molecule has 4 heteroatoms. The van der Waals surface area contributed by atoms with Crippen molar-refractivity contribution >= 4 is 0 Å². The molecule has 0 aromatic heterocycles. The summed E-state index contributed by atoms with van der Waals surface area (Å²) in [5.74, 6) is 0. The lowest BCUT2D eigenvalue weighted by Gasteiger charge is -2.09. The van der Waals surface area contributed by atoms with Gasteiger partial charge in [0.05, 0.1) is 12.7 Å². The first-order chi connectivity index (χ1) is 6.81. The first-order valence-corrected chi connectivity index (χ1v) is 5.29. The van der Waals surface area contributed by atoms with E-state index in [1.165, 1.54) is 0 Å². The molecule has 0 saturated carbocycles. The molecule has 0 aliphatic rings. The van der Waals surface area contributed by atoms with Crippen molar-refractivity contribution in [2.45, 2.75) is 31.8 Å². The van der Waals surface area contributed by atoms with Crippen LogP contribution in [0.15, 0.2) is 0 Å². The van der Waals surface area contributed by atoms with Gasteiger partial charge in [-0.25, -0.2) is 0 Å². The van der Waals surface area contributed by atoms with Crippen LogP contribution in [0.1, 0.15) is 25.7 Å². The zero-order valence-corrected chi connectivity index (χ0v) is 9.04. The van der Waals surface area contributed by atoms with Gasteiger partial charge in [-0.1, -0.05) is 0 Å². The molecule has 0 aromatic rings. The molecule has 0 heterocycles. The molecule has 0 aliphatic heterocycles. The summed E-state index contributed by atoms with van der Waals surface area (Å²) < 4.78 is 4.81. The predicted octanol–water partition coefficient (Wildman–Crippen LogP) is 0.136. The molecule has 0 radical (unpaired) electrons. The first kappa shape index (κ1) is 13.8. The highest BCUT2D eigenvalue weighted by Gasteiger charge is 2.01. The SMILES string of the molecule is COCC(O)CCNCCCCCO. The lowest BCUT2D eigenvalue weighted by molar-refractivity contribution is 0.0595. The van der Waals surface area contributed by atoms with Crippen molar-refractivity contribution in [3.63, 3.8) is 0 Å². The minimum absolute atomic E-state index is 0.284. The van der Waals surface area contributed by atoms with Crippen molar-refractivity contribution in [1.29, 1.82) is 0 Å². The normalized spacial score (nSPS) is 13.1. The Morgan fingerprint density at radius 3 is 2.64 bits per heavy atom. The monoisotopic (exact) mass is 205 g/mol. The van der Waals surface area contributed by atoms with Crippen LogP contribution in [0.25, 0.3) is 0 Å². The standard InChI is InChI=1S/C10H23NO3/c1-14-9-10(13)5-7-11-6-3-2-4-8-12/h10-13H,2-9H2,1H3. The summed E-state index contributed by atoms with van der Waals surface area (Å²) in [6, 6.07) is 0. The summed E-state index contributed by atoms with van der Waals surface area (Å²) in [6.07, 6.45) is 3.40. The average Bonchev–Trinajstić information content (AvgIpc) is 2.17. The third kappa shape index (κ3) is 9.92. The summed E-state index contributed by atoms with van der Waals surface area (Å²) >= 11 is 0. The molecule has 0 bridgehead atoms. The zero-order chi connectivity index (χ0) is 10.6. The van der Waals surface area contributed by atoms with Crippen LogP contribution in [0.5, 0.6) is 0 Å².